The van der Waals surface area contributed by atoms with Crippen LogP contribution in [0.1, 0.15) is 30.7 Å². The summed E-state index contributed by atoms with van der Waals surface area (Å²) < 4.78 is 0. The summed E-state index contributed by atoms with van der Waals surface area (Å²) in [7, 11) is 0. The molecule has 1 fully saturated rings. The van der Waals surface area contributed by atoms with Crippen molar-refractivity contribution in [3.8, 4) is 0 Å². The van der Waals surface area contributed by atoms with Crippen LogP contribution in [0.15, 0.2) is 11.4 Å². The topological polar surface area (TPSA) is 9.72 Å². The monoisotopic (exact) mass is 307 g/mol. The molecule has 3 heterocycles. The predicted octanol–water partition coefficient (Wildman–Crippen LogP) is 2.52. The molecule has 0 aromatic carbocycles. The summed E-state index contributed by atoms with van der Waals surface area (Å²) in [6, 6.07) is 3.03. The number of nitrogens with zero attached hydrogens (tertiary/aromatic N) is 3. The number of hydrogen-bond acceptors (Lipinski definition) is 4. The molecule has 0 saturated carbocycles. The molecule has 2 aliphatic rings. The molecule has 3 rings (SSSR count). The van der Waals surface area contributed by atoms with Crippen LogP contribution < -0.4 is 0 Å². The molecule has 0 amide bonds. The van der Waals surface area contributed by atoms with Crippen molar-refractivity contribution in [1.29, 1.82) is 0 Å². The largest absolute Gasteiger partial charge is 0.301 e. The summed E-state index contributed by atoms with van der Waals surface area (Å²) in [6.45, 7) is 14.6. The lowest BCUT2D eigenvalue weighted by molar-refractivity contribution is 0.104. The zero-order valence-electron chi connectivity index (χ0n) is 13.6. The van der Waals surface area contributed by atoms with E-state index < -0.39 is 0 Å². The Labute approximate surface area is 133 Å². The van der Waals surface area contributed by atoms with Gasteiger partial charge >= 0.3 is 0 Å². The van der Waals surface area contributed by atoms with E-state index in [-0.39, 0.29) is 0 Å². The maximum absolute atomic E-state index is 2.65. The summed E-state index contributed by atoms with van der Waals surface area (Å²) in [5.41, 5.74) is 1.58. The lowest BCUT2D eigenvalue weighted by Crippen LogP contribution is -2.49. The Morgan fingerprint density at radius 1 is 1.05 bits per heavy atom. The van der Waals surface area contributed by atoms with E-state index >= 15 is 0 Å². The molecule has 0 unspecified atom stereocenters. The van der Waals surface area contributed by atoms with E-state index in [4.69, 9.17) is 0 Å². The first-order chi connectivity index (χ1) is 10.2. The highest BCUT2D eigenvalue weighted by Crippen LogP contribution is 2.23. The van der Waals surface area contributed by atoms with Crippen LogP contribution in [0.4, 0.5) is 0 Å². The van der Waals surface area contributed by atoms with Gasteiger partial charge in [0.2, 0.25) is 0 Å². The standard InChI is InChI=1S/C17H29N3S/c1-15(2)20-11-9-18(10-12-20)6-3-7-19-8-4-17-16(14-19)5-13-21-17/h5,13,15H,3-4,6-12,14H2,1-2H3. The minimum atomic E-state index is 0.709. The third-order valence-electron chi connectivity index (χ3n) is 4.97. The van der Waals surface area contributed by atoms with E-state index in [1.54, 1.807) is 10.4 Å². The zero-order valence-corrected chi connectivity index (χ0v) is 14.4. The molecule has 3 nitrogen and oxygen atoms in total. The second kappa shape index (κ2) is 7.23. The third kappa shape index (κ3) is 4.07. The average molecular weight is 308 g/mol. The maximum Gasteiger partial charge on any atom is 0.0244 e. The highest BCUT2D eigenvalue weighted by atomic mass is 32.1. The van der Waals surface area contributed by atoms with E-state index in [1.165, 1.54) is 65.2 Å². The van der Waals surface area contributed by atoms with Crippen molar-refractivity contribution in [1.82, 2.24) is 14.7 Å². The van der Waals surface area contributed by atoms with Crippen molar-refractivity contribution in [3.63, 3.8) is 0 Å². The van der Waals surface area contributed by atoms with Crippen molar-refractivity contribution in [3.05, 3.63) is 21.9 Å². The number of thiophene rings is 1. The van der Waals surface area contributed by atoms with Gasteiger partial charge in [-0.1, -0.05) is 0 Å². The van der Waals surface area contributed by atoms with Gasteiger partial charge in [-0.15, -0.1) is 11.3 Å². The van der Waals surface area contributed by atoms with Crippen LogP contribution in [0.3, 0.4) is 0 Å². The molecule has 21 heavy (non-hydrogen) atoms. The first-order valence-corrected chi connectivity index (χ1v) is 9.34. The van der Waals surface area contributed by atoms with Crippen LogP contribution in [0, 0.1) is 0 Å². The molecular formula is C17H29N3S. The SMILES string of the molecule is CC(C)N1CCN(CCCN2CCc3sccc3C2)CC1. The van der Waals surface area contributed by atoms with Crippen molar-refractivity contribution in [2.75, 3.05) is 45.8 Å². The van der Waals surface area contributed by atoms with Crippen LogP contribution in [-0.4, -0.2) is 66.6 Å². The Morgan fingerprint density at radius 2 is 1.81 bits per heavy atom. The quantitative estimate of drug-likeness (QED) is 0.827. The molecule has 0 bridgehead atoms. The third-order valence-corrected chi connectivity index (χ3v) is 6.00. The van der Waals surface area contributed by atoms with Gasteiger partial charge in [-0.3, -0.25) is 9.80 Å². The van der Waals surface area contributed by atoms with Crippen LogP contribution in [0.5, 0.6) is 0 Å². The lowest BCUT2D eigenvalue weighted by atomic mass is 10.1. The minimum Gasteiger partial charge on any atom is -0.301 e. The second-order valence-corrected chi connectivity index (χ2v) is 7.72. The number of piperazine rings is 1. The molecule has 1 aromatic heterocycles. The normalized spacial score (nSPS) is 21.9. The summed E-state index contributed by atoms with van der Waals surface area (Å²) in [6.07, 6.45) is 2.58. The van der Waals surface area contributed by atoms with Crippen molar-refractivity contribution in [2.24, 2.45) is 0 Å². The van der Waals surface area contributed by atoms with Gasteiger partial charge in [0.1, 0.15) is 0 Å². The van der Waals surface area contributed by atoms with E-state index in [2.05, 4.69) is 40.0 Å². The Morgan fingerprint density at radius 3 is 2.57 bits per heavy atom. The van der Waals surface area contributed by atoms with Gasteiger partial charge in [-0.2, -0.15) is 0 Å². The van der Waals surface area contributed by atoms with Crippen molar-refractivity contribution >= 4 is 11.3 Å². The maximum atomic E-state index is 2.65. The smallest absolute Gasteiger partial charge is 0.0244 e. The Balaban J connectivity index is 1.34. The van der Waals surface area contributed by atoms with Crippen LogP contribution in [-0.2, 0) is 13.0 Å². The van der Waals surface area contributed by atoms with Gasteiger partial charge in [0.05, 0.1) is 0 Å². The minimum absolute atomic E-state index is 0.709. The summed E-state index contributed by atoms with van der Waals surface area (Å²) >= 11 is 1.94. The van der Waals surface area contributed by atoms with Crippen LogP contribution >= 0.6 is 11.3 Å². The summed E-state index contributed by atoms with van der Waals surface area (Å²) in [5, 5.41) is 2.25. The molecule has 4 heteroatoms. The van der Waals surface area contributed by atoms with Gasteiger partial charge in [-0.05, 0) is 56.8 Å². The Kier molecular flexibility index (Phi) is 5.33. The average Bonchev–Trinajstić information content (AvgIpc) is 2.95. The van der Waals surface area contributed by atoms with Crippen LogP contribution in [0.25, 0.3) is 0 Å². The summed E-state index contributed by atoms with van der Waals surface area (Å²) in [5.74, 6) is 0. The molecule has 2 aliphatic heterocycles. The Hall–Kier alpha value is -0.420. The second-order valence-electron chi connectivity index (χ2n) is 6.72. The molecule has 0 N–H and O–H groups in total. The molecule has 1 aromatic rings. The van der Waals surface area contributed by atoms with Crippen molar-refractivity contribution in [2.45, 2.75) is 39.3 Å². The molecule has 0 aliphatic carbocycles. The number of fused-ring (bicyclic) bond motifs is 1. The van der Waals surface area contributed by atoms with Gasteiger partial charge < -0.3 is 4.90 Å². The number of hydrogen-bond donors (Lipinski definition) is 0. The molecule has 0 spiro atoms. The molecular weight excluding hydrogens is 278 g/mol. The predicted molar refractivity (Wildman–Crippen MR) is 91.1 cm³/mol. The van der Waals surface area contributed by atoms with Crippen LogP contribution in [0.2, 0.25) is 0 Å². The van der Waals surface area contributed by atoms with E-state index in [0.717, 1.165) is 0 Å². The van der Waals surface area contributed by atoms with Gasteiger partial charge in [0.15, 0.2) is 0 Å². The molecule has 1 saturated heterocycles. The molecule has 0 atom stereocenters. The lowest BCUT2D eigenvalue weighted by Gasteiger charge is -2.37. The van der Waals surface area contributed by atoms with Crippen molar-refractivity contribution < 1.29 is 0 Å². The van der Waals surface area contributed by atoms with E-state index in [1.807, 2.05) is 11.3 Å². The van der Waals surface area contributed by atoms with E-state index in [9.17, 15) is 0 Å². The van der Waals surface area contributed by atoms with Gasteiger partial charge in [0.25, 0.3) is 0 Å². The fourth-order valence-electron chi connectivity index (χ4n) is 3.52. The fraction of sp³-hybridized carbons (Fsp3) is 0.765. The number of rotatable bonds is 5. The fourth-order valence-corrected chi connectivity index (χ4v) is 4.41. The molecule has 0 radical (unpaired) electrons. The zero-order chi connectivity index (χ0) is 14.7. The molecule has 118 valence electrons. The van der Waals surface area contributed by atoms with Gasteiger partial charge in [-0.25, -0.2) is 0 Å². The highest BCUT2D eigenvalue weighted by Gasteiger charge is 2.19. The first kappa shape index (κ1) is 15.5. The van der Waals surface area contributed by atoms with E-state index in [0.29, 0.717) is 6.04 Å². The highest BCUT2D eigenvalue weighted by molar-refractivity contribution is 7.10. The summed E-state index contributed by atoms with van der Waals surface area (Å²) in [4.78, 5) is 9.51. The first-order valence-electron chi connectivity index (χ1n) is 8.46. The van der Waals surface area contributed by atoms with Gasteiger partial charge in [0, 0.05) is 50.2 Å². The Bertz CT molecular complexity index is 435.